The van der Waals surface area contributed by atoms with Crippen molar-refractivity contribution in [2.75, 3.05) is 12.8 Å². The lowest BCUT2D eigenvalue weighted by Gasteiger charge is -2.39. The van der Waals surface area contributed by atoms with Gasteiger partial charge in [-0.3, -0.25) is 0 Å². The lowest BCUT2D eigenvalue weighted by atomic mass is 9.69. The van der Waals surface area contributed by atoms with Gasteiger partial charge in [-0.05, 0) is 43.6 Å². The predicted molar refractivity (Wildman–Crippen MR) is 82.1 cm³/mol. The summed E-state index contributed by atoms with van der Waals surface area (Å²) in [6.45, 7) is 9.93. The van der Waals surface area contributed by atoms with Crippen LogP contribution in [-0.4, -0.2) is 32.5 Å². The molecule has 0 radical (unpaired) electrons. The molecule has 1 saturated carbocycles. The number of nitrogens with one attached hydrogen (secondary N) is 1. The Hall–Kier alpha value is -0.0900. The molecule has 0 aromatic heterocycles. The van der Waals surface area contributed by atoms with Crippen molar-refractivity contribution in [3.63, 3.8) is 0 Å². The first-order valence-electron chi connectivity index (χ1n) is 7.55. The van der Waals surface area contributed by atoms with Gasteiger partial charge in [0.1, 0.15) is 9.84 Å². The average molecular weight is 289 g/mol. The summed E-state index contributed by atoms with van der Waals surface area (Å²) in [5.41, 5.74) is 0.227. The second-order valence-electron chi connectivity index (χ2n) is 7.16. The Morgan fingerprint density at radius 1 is 1.26 bits per heavy atom. The predicted octanol–water partition coefficient (Wildman–Crippen LogP) is 3.00. The molecule has 1 aliphatic rings. The molecule has 0 aromatic rings. The highest BCUT2D eigenvalue weighted by atomic mass is 32.2. The standard InChI is InChI=1S/C15H31NO2S/c1-12(2)16-10-9-15(3,4)13-7-6-8-14(11-13)19(5,17)18/h12-14,16H,6-11H2,1-5H3. The Kier molecular flexibility index (Phi) is 5.87. The molecule has 3 nitrogen and oxygen atoms in total. The molecule has 1 aliphatic carbocycles. The summed E-state index contributed by atoms with van der Waals surface area (Å²) in [5, 5.41) is 3.36. The van der Waals surface area contributed by atoms with E-state index in [2.05, 4.69) is 33.0 Å². The summed E-state index contributed by atoms with van der Waals surface area (Å²) in [4.78, 5) is 0. The topological polar surface area (TPSA) is 46.2 Å². The second kappa shape index (κ2) is 6.57. The first-order chi connectivity index (χ1) is 8.63. The molecular formula is C15H31NO2S. The summed E-state index contributed by atoms with van der Waals surface area (Å²) in [6.07, 6.45) is 6.47. The van der Waals surface area contributed by atoms with Crippen LogP contribution in [0.1, 0.15) is 59.8 Å². The van der Waals surface area contributed by atoms with Gasteiger partial charge in [-0.25, -0.2) is 8.42 Å². The second-order valence-corrected chi connectivity index (χ2v) is 9.49. The minimum absolute atomic E-state index is 0.108. The Morgan fingerprint density at radius 2 is 1.89 bits per heavy atom. The average Bonchev–Trinajstić information content (AvgIpc) is 2.27. The van der Waals surface area contributed by atoms with Gasteiger partial charge in [0.2, 0.25) is 0 Å². The SMILES string of the molecule is CC(C)NCCC(C)(C)C1CCCC(S(C)(=O)=O)C1. The van der Waals surface area contributed by atoms with E-state index in [1.54, 1.807) is 0 Å². The van der Waals surface area contributed by atoms with Crippen molar-refractivity contribution in [2.45, 2.75) is 71.1 Å². The van der Waals surface area contributed by atoms with E-state index in [0.29, 0.717) is 12.0 Å². The zero-order chi connectivity index (χ0) is 14.7. The minimum atomic E-state index is -2.87. The van der Waals surface area contributed by atoms with Crippen LogP contribution < -0.4 is 5.32 Å². The highest BCUT2D eigenvalue weighted by molar-refractivity contribution is 7.91. The maximum absolute atomic E-state index is 11.7. The normalized spacial score (nSPS) is 25.8. The molecule has 1 N–H and O–H groups in total. The monoisotopic (exact) mass is 289 g/mol. The summed E-state index contributed by atoms with van der Waals surface area (Å²) in [7, 11) is -2.87. The van der Waals surface area contributed by atoms with E-state index in [-0.39, 0.29) is 10.7 Å². The highest BCUT2D eigenvalue weighted by Gasteiger charge is 2.36. The molecule has 0 bridgehead atoms. The van der Waals surface area contributed by atoms with Gasteiger partial charge in [0.05, 0.1) is 5.25 Å². The summed E-state index contributed by atoms with van der Waals surface area (Å²) in [5.74, 6) is 0.537. The van der Waals surface area contributed by atoms with Crippen molar-refractivity contribution in [1.29, 1.82) is 0 Å². The summed E-state index contributed by atoms with van der Waals surface area (Å²) in [6, 6.07) is 0.519. The van der Waals surface area contributed by atoms with Gasteiger partial charge in [0.25, 0.3) is 0 Å². The lowest BCUT2D eigenvalue weighted by molar-refractivity contribution is 0.146. The van der Waals surface area contributed by atoms with Crippen LogP contribution in [0.2, 0.25) is 0 Å². The van der Waals surface area contributed by atoms with E-state index in [0.717, 1.165) is 32.2 Å². The summed E-state index contributed by atoms with van der Waals surface area (Å²) >= 11 is 0. The summed E-state index contributed by atoms with van der Waals surface area (Å²) < 4.78 is 23.5. The molecule has 2 unspecified atom stereocenters. The van der Waals surface area contributed by atoms with Gasteiger partial charge in [0, 0.05) is 12.3 Å². The van der Waals surface area contributed by atoms with Crippen LogP contribution in [0.4, 0.5) is 0 Å². The highest BCUT2D eigenvalue weighted by Crippen LogP contribution is 2.41. The maximum Gasteiger partial charge on any atom is 0.150 e. The van der Waals surface area contributed by atoms with Gasteiger partial charge in [0.15, 0.2) is 0 Å². The number of hydrogen-bond acceptors (Lipinski definition) is 3. The molecule has 0 heterocycles. The van der Waals surface area contributed by atoms with E-state index >= 15 is 0 Å². The van der Waals surface area contributed by atoms with Gasteiger partial charge in [-0.1, -0.05) is 34.1 Å². The smallest absolute Gasteiger partial charge is 0.150 e. The zero-order valence-corrected chi connectivity index (χ0v) is 14.0. The molecule has 0 aromatic carbocycles. The van der Waals surface area contributed by atoms with Crippen LogP contribution >= 0.6 is 0 Å². The van der Waals surface area contributed by atoms with Crippen LogP contribution in [0.5, 0.6) is 0 Å². The van der Waals surface area contributed by atoms with Crippen molar-refractivity contribution in [1.82, 2.24) is 5.32 Å². The van der Waals surface area contributed by atoms with E-state index in [4.69, 9.17) is 0 Å². The Balaban J connectivity index is 2.57. The molecule has 0 spiro atoms. The molecule has 114 valence electrons. The first kappa shape index (κ1) is 17.0. The largest absolute Gasteiger partial charge is 0.315 e. The Morgan fingerprint density at radius 3 is 2.42 bits per heavy atom. The molecule has 2 atom stereocenters. The molecule has 1 rings (SSSR count). The van der Waals surface area contributed by atoms with Gasteiger partial charge < -0.3 is 5.32 Å². The molecule has 19 heavy (non-hydrogen) atoms. The Bertz CT molecular complexity index is 374. The molecule has 0 amide bonds. The zero-order valence-electron chi connectivity index (χ0n) is 13.2. The molecule has 4 heteroatoms. The van der Waals surface area contributed by atoms with Crippen molar-refractivity contribution < 1.29 is 8.42 Å². The fourth-order valence-corrected chi connectivity index (χ4v) is 4.31. The molecule has 1 fully saturated rings. The van der Waals surface area contributed by atoms with Crippen molar-refractivity contribution in [3.8, 4) is 0 Å². The molecule has 0 saturated heterocycles. The number of hydrogen-bond donors (Lipinski definition) is 1. The maximum atomic E-state index is 11.7. The van der Waals surface area contributed by atoms with Crippen LogP contribution in [0.15, 0.2) is 0 Å². The lowest BCUT2D eigenvalue weighted by Crippen LogP contribution is -2.37. The van der Waals surface area contributed by atoms with Crippen LogP contribution in [0, 0.1) is 11.3 Å². The number of sulfone groups is 1. The van der Waals surface area contributed by atoms with Crippen LogP contribution in [0.3, 0.4) is 0 Å². The molecular weight excluding hydrogens is 258 g/mol. The number of rotatable bonds is 6. The van der Waals surface area contributed by atoms with Gasteiger partial charge in [-0.15, -0.1) is 0 Å². The van der Waals surface area contributed by atoms with Crippen LogP contribution in [0.25, 0.3) is 0 Å². The van der Waals surface area contributed by atoms with Gasteiger partial charge in [-0.2, -0.15) is 0 Å². The third kappa shape index (κ3) is 5.42. The quantitative estimate of drug-likeness (QED) is 0.817. The van der Waals surface area contributed by atoms with E-state index in [9.17, 15) is 8.42 Å². The fourth-order valence-electron chi connectivity index (χ4n) is 3.13. The van der Waals surface area contributed by atoms with Crippen LogP contribution in [-0.2, 0) is 9.84 Å². The van der Waals surface area contributed by atoms with Gasteiger partial charge >= 0.3 is 0 Å². The van der Waals surface area contributed by atoms with Crippen molar-refractivity contribution in [2.24, 2.45) is 11.3 Å². The third-order valence-electron chi connectivity index (χ3n) is 4.66. The Labute approximate surface area is 119 Å². The van der Waals surface area contributed by atoms with Crippen molar-refractivity contribution >= 4 is 9.84 Å². The van der Waals surface area contributed by atoms with E-state index < -0.39 is 9.84 Å². The first-order valence-corrected chi connectivity index (χ1v) is 9.50. The molecule has 0 aliphatic heterocycles. The van der Waals surface area contributed by atoms with E-state index in [1.165, 1.54) is 12.7 Å². The third-order valence-corrected chi connectivity index (χ3v) is 6.30. The minimum Gasteiger partial charge on any atom is -0.315 e. The van der Waals surface area contributed by atoms with E-state index in [1.807, 2.05) is 0 Å². The fraction of sp³-hybridized carbons (Fsp3) is 1.00. The van der Waals surface area contributed by atoms with Crippen molar-refractivity contribution in [3.05, 3.63) is 0 Å².